The quantitative estimate of drug-likeness (QED) is 0.491. The van der Waals surface area contributed by atoms with E-state index in [1.807, 2.05) is 37.3 Å². The van der Waals surface area contributed by atoms with Gasteiger partial charge in [-0.2, -0.15) is 0 Å². The first-order valence-electron chi connectivity index (χ1n) is 9.00. The van der Waals surface area contributed by atoms with Gasteiger partial charge in [-0.15, -0.1) is 0 Å². The fourth-order valence-corrected chi connectivity index (χ4v) is 4.40. The molecule has 2 rings (SSSR count). The Morgan fingerprint density at radius 2 is 1.50 bits per heavy atom. The lowest BCUT2D eigenvalue weighted by Gasteiger charge is -2.38. The van der Waals surface area contributed by atoms with Crippen LogP contribution in [-0.2, 0) is 18.6 Å². The molecule has 1 heterocycles. The molecule has 0 bridgehead atoms. The third kappa shape index (κ3) is 5.37. The van der Waals surface area contributed by atoms with Crippen molar-refractivity contribution in [2.45, 2.75) is 65.3 Å². The van der Waals surface area contributed by atoms with Crippen LogP contribution in [0.5, 0.6) is 0 Å². The van der Waals surface area contributed by atoms with Gasteiger partial charge in [-0.3, -0.25) is 4.79 Å². The summed E-state index contributed by atoms with van der Waals surface area (Å²) in [6.07, 6.45) is -0.519. The number of benzene rings is 1. The Kier molecular flexibility index (Phi) is 6.29. The monoisotopic (exact) mass is 393 g/mol. The molecule has 0 unspecified atom stereocenters. The molecule has 0 radical (unpaired) electrons. The highest BCUT2D eigenvalue weighted by molar-refractivity contribution is 6.70. The van der Waals surface area contributed by atoms with Gasteiger partial charge in [-0.1, -0.05) is 30.3 Å². The molecule has 1 aliphatic rings. The number of hydroxylamine groups is 2. The number of allylic oxidation sites excluding steroid dienone is 1. The average Bonchev–Trinajstić information content (AvgIpc) is 2.82. The molecule has 144 valence electrons. The first-order valence-corrected chi connectivity index (χ1v) is 15.8. The van der Waals surface area contributed by atoms with E-state index in [9.17, 15) is 4.79 Å². The summed E-state index contributed by atoms with van der Waals surface area (Å²) in [6.45, 7) is 16.0. The number of ether oxygens (including phenoxy) is 1. The van der Waals surface area contributed by atoms with Crippen molar-refractivity contribution >= 4 is 22.4 Å². The van der Waals surface area contributed by atoms with E-state index in [0.717, 1.165) is 5.56 Å². The second kappa shape index (κ2) is 7.78. The predicted molar refractivity (Wildman–Crippen MR) is 108 cm³/mol. The standard InChI is InChI=1S/C19H31NO4Si2/c1-14(21)17-15(2)22-19(18(17)16-12-10-9-11-13-16)20(23-25(3,4)5)24-26(6,7)8/h9-13,18-19H,1-8H3/t18-,19-/m0/s1. The molecule has 0 fully saturated rings. The molecule has 26 heavy (non-hydrogen) atoms. The van der Waals surface area contributed by atoms with E-state index < -0.39 is 22.9 Å². The first kappa shape index (κ1) is 21.0. The fraction of sp³-hybridized carbons (Fsp3) is 0.526. The fourth-order valence-electron chi connectivity index (χ4n) is 2.96. The van der Waals surface area contributed by atoms with Gasteiger partial charge in [0.25, 0.3) is 0 Å². The Hall–Kier alpha value is -1.26. The maximum atomic E-state index is 12.4. The highest BCUT2D eigenvalue weighted by atomic mass is 28.4. The number of carbonyl (C=O) groups excluding carboxylic acids is 1. The molecule has 0 spiro atoms. The molecule has 1 aliphatic heterocycles. The second-order valence-electron chi connectivity index (χ2n) is 8.62. The molecule has 5 nitrogen and oxygen atoms in total. The lowest BCUT2D eigenvalue weighted by atomic mass is 9.88. The zero-order valence-electron chi connectivity index (χ0n) is 17.1. The van der Waals surface area contributed by atoms with Crippen LogP contribution in [-0.4, -0.2) is 33.9 Å². The smallest absolute Gasteiger partial charge is 0.215 e. The Balaban J connectivity index is 2.47. The van der Waals surface area contributed by atoms with Crippen LogP contribution >= 0.6 is 0 Å². The highest BCUT2D eigenvalue weighted by Crippen LogP contribution is 2.42. The maximum Gasteiger partial charge on any atom is 0.215 e. The Labute approximate surface area is 159 Å². The number of nitrogens with zero attached hydrogens (tertiary/aromatic N) is 1. The summed E-state index contributed by atoms with van der Waals surface area (Å²) in [5.74, 6) is 0.404. The molecule has 0 saturated heterocycles. The Bertz CT molecular complexity index is 661. The third-order valence-electron chi connectivity index (χ3n) is 3.75. The van der Waals surface area contributed by atoms with Gasteiger partial charge in [-0.25, -0.2) is 0 Å². The molecule has 0 aliphatic carbocycles. The van der Waals surface area contributed by atoms with E-state index in [4.69, 9.17) is 13.8 Å². The Morgan fingerprint density at radius 1 is 1.00 bits per heavy atom. The van der Waals surface area contributed by atoms with Crippen LogP contribution in [0.4, 0.5) is 0 Å². The molecule has 0 N–H and O–H groups in total. The second-order valence-corrected chi connectivity index (χ2v) is 17.4. The van der Waals surface area contributed by atoms with Crippen molar-refractivity contribution in [2.75, 3.05) is 0 Å². The van der Waals surface area contributed by atoms with Crippen molar-refractivity contribution in [1.29, 1.82) is 0 Å². The summed E-state index contributed by atoms with van der Waals surface area (Å²) in [5, 5.41) is 1.55. The number of rotatable bonds is 7. The van der Waals surface area contributed by atoms with E-state index in [1.165, 1.54) is 0 Å². The summed E-state index contributed by atoms with van der Waals surface area (Å²) in [7, 11) is -3.90. The third-order valence-corrected chi connectivity index (χ3v) is 5.20. The zero-order chi connectivity index (χ0) is 19.7. The van der Waals surface area contributed by atoms with Crippen molar-refractivity contribution in [3.63, 3.8) is 0 Å². The normalized spacial score (nSPS) is 21.3. The van der Waals surface area contributed by atoms with Crippen molar-refractivity contribution < 1.29 is 18.6 Å². The topological polar surface area (TPSA) is 48.0 Å². The summed E-state index contributed by atoms with van der Waals surface area (Å²) in [4.78, 5) is 12.4. The lowest BCUT2D eigenvalue weighted by Crippen LogP contribution is -2.50. The van der Waals surface area contributed by atoms with Crippen LogP contribution in [0.1, 0.15) is 25.3 Å². The number of Topliss-reactive ketones (excluding diaryl/α,β-unsaturated/α-hetero) is 1. The molecule has 1 aromatic rings. The van der Waals surface area contributed by atoms with Crippen molar-refractivity contribution in [1.82, 2.24) is 5.23 Å². The van der Waals surface area contributed by atoms with Gasteiger partial charge in [-0.05, 0) is 63.9 Å². The minimum Gasteiger partial charge on any atom is -0.474 e. The number of hydrogen-bond acceptors (Lipinski definition) is 5. The lowest BCUT2D eigenvalue weighted by molar-refractivity contribution is -0.340. The van der Waals surface area contributed by atoms with Crippen LogP contribution in [0.2, 0.25) is 39.3 Å². The molecule has 1 aromatic carbocycles. The van der Waals surface area contributed by atoms with Crippen LogP contribution < -0.4 is 0 Å². The van der Waals surface area contributed by atoms with E-state index in [2.05, 4.69) is 39.3 Å². The Morgan fingerprint density at radius 3 is 1.92 bits per heavy atom. The van der Waals surface area contributed by atoms with Gasteiger partial charge < -0.3 is 13.8 Å². The molecule has 0 saturated carbocycles. The van der Waals surface area contributed by atoms with Gasteiger partial charge in [0.1, 0.15) is 5.76 Å². The molecule has 7 heteroatoms. The molecular formula is C19H31NO4Si2. The van der Waals surface area contributed by atoms with E-state index >= 15 is 0 Å². The van der Waals surface area contributed by atoms with Crippen LogP contribution in [0.25, 0.3) is 0 Å². The summed E-state index contributed by atoms with van der Waals surface area (Å²) in [6, 6.07) is 9.95. The van der Waals surface area contributed by atoms with Crippen molar-refractivity contribution in [3.8, 4) is 0 Å². The van der Waals surface area contributed by atoms with Crippen LogP contribution in [0.3, 0.4) is 0 Å². The summed E-state index contributed by atoms with van der Waals surface area (Å²) < 4.78 is 18.6. The SMILES string of the molecule is CC(=O)C1=C(C)O[C@H](N(O[Si](C)(C)C)O[Si](C)(C)C)[C@H]1c1ccccc1. The van der Waals surface area contributed by atoms with Gasteiger partial charge in [0.2, 0.25) is 22.9 Å². The minimum absolute atomic E-state index is 0.0137. The summed E-state index contributed by atoms with van der Waals surface area (Å²) in [5.41, 5.74) is 1.70. The largest absolute Gasteiger partial charge is 0.474 e. The van der Waals surface area contributed by atoms with Crippen LogP contribution in [0.15, 0.2) is 41.7 Å². The molecular weight excluding hydrogens is 362 g/mol. The number of carbonyl (C=O) groups is 1. The van der Waals surface area contributed by atoms with E-state index in [0.29, 0.717) is 11.3 Å². The molecule has 0 amide bonds. The van der Waals surface area contributed by atoms with Gasteiger partial charge in [0.15, 0.2) is 5.78 Å². The predicted octanol–water partition coefficient (Wildman–Crippen LogP) is 4.82. The number of ketones is 1. The van der Waals surface area contributed by atoms with Crippen molar-refractivity contribution in [3.05, 3.63) is 47.2 Å². The first-order chi connectivity index (χ1) is 11.9. The minimum atomic E-state index is -1.95. The van der Waals surface area contributed by atoms with Crippen molar-refractivity contribution in [2.24, 2.45) is 0 Å². The molecule has 2 atom stereocenters. The zero-order valence-corrected chi connectivity index (χ0v) is 19.1. The van der Waals surface area contributed by atoms with E-state index in [-0.39, 0.29) is 11.7 Å². The van der Waals surface area contributed by atoms with Crippen LogP contribution in [0, 0.1) is 0 Å². The highest BCUT2D eigenvalue weighted by Gasteiger charge is 2.45. The number of hydrogen-bond donors (Lipinski definition) is 0. The molecule has 0 aromatic heterocycles. The van der Waals surface area contributed by atoms with Gasteiger partial charge in [0.05, 0.1) is 5.92 Å². The van der Waals surface area contributed by atoms with Gasteiger partial charge >= 0.3 is 0 Å². The average molecular weight is 394 g/mol. The maximum absolute atomic E-state index is 12.4. The van der Waals surface area contributed by atoms with Gasteiger partial charge in [0, 0.05) is 5.57 Å². The summed E-state index contributed by atoms with van der Waals surface area (Å²) >= 11 is 0. The van der Waals surface area contributed by atoms with E-state index in [1.54, 1.807) is 12.2 Å².